The van der Waals surface area contributed by atoms with E-state index in [4.69, 9.17) is 4.74 Å². The lowest BCUT2D eigenvalue weighted by molar-refractivity contribution is 0.101. The summed E-state index contributed by atoms with van der Waals surface area (Å²) in [4.78, 5) is 12.7. The van der Waals surface area contributed by atoms with Crippen LogP contribution >= 0.6 is 11.8 Å². The Balaban J connectivity index is 1.64. The number of halogens is 1. The summed E-state index contributed by atoms with van der Waals surface area (Å²) in [5.41, 5.74) is 2.01. The zero-order chi connectivity index (χ0) is 20.2. The highest BCUT2D eigenvalue weighted by molar-refractivity contribution is 8.00. The second-order valence-electron chi connectivity index (χ2n) is 6.32. The molecule has 4 aromatic rings. The van der Waals surface area contributed by atoms with Gasteiger partial charge in [-0.15, -0.1) is 10.2 Å². The predicted octanol–water partition coefficient (Wildman–Crippen LogP) is 5.42. The normalized spacial score (nSPS) is 10.8. The SMILES string of the molecule is COc1ccccc1C(=O)CSc1nnc(-c2ccc(F)cc2)c2ccccc12. The van der Waals surface area contributed by atoms with E-state index in [2.05, 4.69) is 10.2 Å². The summed E-state index contributed by atoms with van der Waals surface area (Å²) in [6.07, 6.45) is 0. The maximum Gasteiger partial charge on any atom is 0.176 e. The Labute approximate surface area is 171 Å². The molecule has 0 aliphatic rings. The number of ether oxygens (including phenoxy) is 1. The van der Waals surface area contributed by atoms with Crippen molar-refractivity contribution in [1.82, 2.24) is 10.2 Å². The minimum Gasteiger partial charge on any atom is -0.496 e. The number of Topliss-reactive ketones (excluding diaryl/α,β-unsaturated/α-hetero) is 1. The maximum atomic E-state index is 13.3. The molecular weight excluding hydrogens is 387 g/mol. The molecule has 0 spiro atoms. The van der Waals surface area contributed by atoms with Gasteiger partial charge in [0.15, 0.2) is 5.78 Å². The zero-order valence-corrected chi connectivity index (χ0v) is 16.4. The summed E-state index contributed by atoms with van der Waals surface area (Å²) in [6, 6.07) is 21.1. The van der Waals surface area contributed by atoms with E-state index in [9.17, 15) is 9.18 Å². The van der Waals surface area contributed by atoms with Gasteiger partial charge in [0.05, 0.1) is 18.4 Å². The molecule has 144 valence electrons. The van der Waals surface area contributed by atoms with Crippen LogP contribution in [0.5, 0.6) is 5.75 Å². The number of methoxy groups -OCH3 is 1. The van der Waals surface area contributed by atoms with E-state index in [1.807, 2.05) is 36.4 Å². The summed E-state index contributed by atoms with van der Waals surface area (Å²) in [6.45, 7) is 0. The highest BCUT2D eigenvalue weighted by Gasteiger charge is 2.15. The third-order valence-electron chi connectivity index (χ3n) is 4.52. The molecular formula is C23H17FN2O2S. The van der Waals surface area contributed by atoms with Crippen LogP contribution in [0.3, 0.4) is 0 Å². The molecule has 0 unspecified atom stereocenters. The summed E-state index contributed by atoms with van der Waals surface area (Å²) in [7, 11) is 1.55. The molecule has 6 heteroatoms. The number of hydrogen-bond acceptors (Lipinski definition) is 5. The summed E-state index contributed by atoms with van der Waals surface area (Å²) >= 11 is 1.34. The van der Waals surface area contributed by atoms with E-state index >= 15 is 0 Å². The van der Waals surface area contributed by atoms with E-state index in [1.165, 1.54) is 23.9 Å². The van der Waals surface area contributed by atoms with Crippen molar-refractivity contribution in [3.05, 3.63) is 84.2 Å². The fourth-order valence-electron chi connectivity index (χ4n) is 3.09. The van der Waals surface area contributed by atoms with Crippen LogP contribution in [0.15, 0.2) is 77.8 Å². The van der Waals surface area contributed by atoms with Crippen molar-refractivity contribution in [2.45, 2.75) is 5.03 Å². The third kappa shape index (κ3) is 3.98. The molecule has 0 fully saturated rings. The number of rotatable bonds is 6. The smallest absolute Gasteiger partial charge is 0.176 e. The zero-order valence-electron chi connectivity index (χ0n) is 15.6. The molecule has 0 aliphatic carbocycles. The van der Waals surface area contributed by atoms with Gasteiger partial charge in [0, 0.05) is 16.3 Å². The van der Waals surface area contributed by atoms with Crippen molar-refractivity contribution in [3.63, 3.8) is 0 Å². The highest BCUT2D eigenvalue weighted by Crippen LogP contribution is 2.32. The first-order valence-electron chi connectivity index (χ1n) is 8.98. The Morgan fingerprint density at radius 2 is 1.62 bits per heavy atom. The molecule has 1 aromatic heterocycles. The second-order valence-corrected chi connectivity index (χ2v) is 7.28. The summed E-state index contributed by atoms with van der Waals surface area (Å²) in [5.74, 6) is 0.435. The van der Waals surface area contributed by atoms with Crippen LogP contribution in [0.25, 0.3) is 22.0 Å². The number of nitrogens with zero attached hydrogens (tertiary/aromatic N) is 2. The van der Waals surface area contributed by atoms with Crippen molar-refractivity contribution in [2.24, 2.45) is 0 Å². The van der Waals surface area contributed by atoms with Crippen LogP contribution in [0.4, 0.5) is 4.39 Å². The van der Waals surface area contributed by atoms with Gasteiger partial charge in [0.1, 0.15) is 22.3 Å². The van der Waals surface area contributed by atoms with Crippen molar-refractivity contribution >= 4 is 28.3 Å². The number of fused-ring (bicyclic) bond motifs is 1. The van der Waals surface area contributed by atoms with Gasteiger partial charge in [-0.05, 0) is 36.4 Å². The van der Waals surface area contributed by atoms with Gasteiger partial charge in [-0.1, -0.05) is 48.2 Å². The van der Waals surface area contributed by atoms with E-state index in [0.29, 0.717) is 22.0 Å². The highest BCUT2D eigenvalue weighted by atomic mass is 32.2. The lowest BCUT2D eigenvalue weighted by atomic mass is 10.1. The van der Waals surface area contributed by atoms with Crippen molar-refractivity contribution in [1.29, 1.82) is 0 Å². The van der Waals surface area contributed by atoms with Gasteiger partial charge in [0.25, 0.3) is 0 Å². The van der Waals surface area contributed by atoms with Crippen LogP contribution in [-0.4, -0.2) is 28.8 Å². The van der Waals surface area contributed by atoms with E-state index in [1.54, 1.807) is 31.4 Å². The number of benzene rings is 3. The van der Waals surface area contributed by atoms with E-state index in [-0.39, 0.29) is 17.4 Å². The van der Waals surface area contributed by atoms with E-state index in [0.717, 1.165) is 16.3 Å². The molecule has 1 heterocycles. The average Bonchev–Trinajstić information content (AvgIpc) is 2.78. The number of carbonyl (C=O) groups excluding carboxylic acids is 1. The molecule has 0 radical (unpaired) electrons. The van der Waals surface area contributed by atoms with Gasteiger partial charge >= 0.3 is 0 Å². The first-order chi connectivity index (χ1) is 14.2. The molecule has 29 heavy (non-hydrogen) atoms. The monoisotopic (exact) mass is 404 g/mol. The Morgan fingerprint density at radius 3 is 2.38 bits per heavy atom. The van der Waals surface area contributed by atoms with Crippen molar-refractivity contribution in [2.75, 3.05) is 12.9 Å². The summed E-state index contributed by atoms with van der Waals surface area (Å²) < 4.78 is 18.5. The molecule has 0 atom stereocenters. The molecule has 0 N–H and O–H groups in total. The fourth-order valence-corrected chi connectivity index (χ4v) is 3.95. The molecule has 0 saturated carbocycles. The average molecular weight is 404 g/mol. The predicted molar refractivity (Wildman–Crippen MR) is 113 cm³/mol. The minimum absolute atomic E-state index is 0.0408. The van der Waals surface area contributed by atoms with Crippen LogP contribution in [0.1, 0.15) is 10.4 Å². The van der Waals surface area contributed by atoms with Gasteiger partial charge in [-0.2, -0.15) is 0 Å². The fraction of sp³-hybridized carbons (Fsp3) is 0.0870. The molecule has 0 bridgehead atoms. The van der Waals surface area contributed by atoms with Gasteiger partial charge in [-0.25, -0.2) is 4.39 Å². The lowest BCUT2D eigenvalue weighted by Crippen LogP contribution is -2.05. The Kier molecular flexibility index (Phi) is 5.53. The van der Waals surface area contributed by atoms with Gasteiger partial charge < -0.3 is 4.74 Å². The number of aromatic nitrogens is 2. The third-order valence-corrected chi connectivity index (χ3v) is 5.50. The van der Waals surface area contributed by atoms with Crippen molar-refractivity contribution < 1.29 is 13.9 Å². The maximum absolute atomic E-state index is 13.3. The first-order valence-corrected chi connectivity index (χ1v) is 9.96. The first kappa shape index (κ1) is 19.1. The van der Waals surface area contributed by atoms with Crippen LogP contribution in [0, 0.1) is 5.82 Å². The molecule has 3 aromatic carbocycles. The lowest BCUT2D eigenvalue weighted by Gasteiger charge is -2.10. The minimum atomic E-state index is -0.298. The Hall–Kier alpha value is -3.25. The number of thioether (sulfide) groups is 1. The number of carbonyl (C=O) groups is 1. The van der Waals surface area contributed by atoms with Gasteiger partial charge in [0.2, 0.25) is 0 Å². The van der Waals surface area contributed by atoms with Crippen LogP contribution in [-0.2, 0) is 0 Å². The van der Waals surface area contributed by atoms with Crippen molar-refractivity contribution in [3.8, 4) is 17.0 Å². The molecule has 0 amide bonds. The Morgan fingerprint density at radius 1 is 0.931 bits per heavy atom. The molecule has 0 aliphatic heterocycles. The van der Waals surface area contributed by atoms with Crippen LogP contribution in [0.2, 0.25) is 0 Å². The number of para-hydroxylation sites is 1. The number of hydrogen-bond donors (Lipinski definition) is 0. The molecule has 4 nitrogen and oxygen atoms in total. The molecule has 4 rings (SSSR count). The number of ketones is 1. The quantitative estimate of drug-likeness (QED) is 0.317. The largest absolute Gasteiger partial charge is 0.496 e. The topological polar surface area (TPSA) is 52.1 Å². The summed E-state index contributed by atoms with van der Waals surface area (Å²) in [5, 5.41) is 11.2. The second kappa shape index (κ2) is 8.41. The van der Waals surface area contributed by atoms with Crippen LogP contribution < -0.4 is 4.74 Å². The standard InChI is InChI=1S/C23H17FN2O2S/c1-28-21-9-5-4-8-19(21)20(27)14-29-23-18-7-3-2-6-17(18)22(25-26-23)15-10-12-16(24)13-11-15/h2-13H,14H2,1H3. The Bertz CT molecular complexity index is 1180. The van der Waals surface area contributed by atoms with E-state index < -0.39 is 0 Å². The molecule has 0 saturated heterocycles. The van der Waals surface area contributed by atoms with Gasteiger partial charge in [-0.3, -0.25) is 4.79 Å².